The molecule has 0 saturated carbocycles. The minimum absolute atomic E-state index is 0.0359. The maximum atomic E-state index is 10.7. The summed E-state index contributed by atoms with van der Waals surface area (Å²) < 4.78 is 25.7. The molecule has 0 aromatic heterocycles. The second-order valence-electron chi connectivity index (χ2n) is 2.15. The van der Waals surface area contributed by atoms with E-state index in [2.05, 4.69) is 19.5 Å². The molecule has 0 heterocycles. The summed E-state index contributed by atoms with van der Waals surface area (Å²) in [5.74, 6) is -0.389. The van der Waals surface area contributed by atoms with E-state index >= 15 is 0 Å². The van der Waals surface area contributed by atoms with Gasteiger partial charge in [0.05, 0.1) is 27.2 Å². The zero-order valence-electron chi connectivity index (χ0n) is 6.75. The van der Waals surface area contributed by atoms with Crippen LogP contribution in [0.3, 0.4) is 0 Å². The zero-order valence-corrected chi connectivity index (χ0v) is 9.15. The quantitative estimate of drug-likeness (QED) is 0.547. The predicted molar refractivity (Wildman–Crippen MR) is 48.6 cm³/mol. The van der Waals surface area contributed by atoms with E-state index in [1.807, 2.05) is 0 Å². The molecule has 0 spiro atoms. The molecule has 0 aliphatic heterocycles. The minimum atomic E-state index is -3.13. The highest BCUT2D eigenvalue weighted by atomic mass is 79.9. The van der Waals surface area contributed by atoms with Gasteiger partial charge < -0.3 is 4.74 Å². The highest BCUT2D eigenvalue weighted by Crippen LogP contribution is 2.04. The van der Waals surface area contributed by atoms with Gasteiger partial charge in [-0.05, 0) is 13.3 Å². The largest absolute Gasteiger partial charge is 0.466 e. The molecule has 0 unspecified atom stereocenters. The van der Waals surface area contributed by atoms with Gasteiger partial charge >= 0.3 is 5.97 Å². The van der Waals surface area contributed by atoms with Crippen LogP contribution in [0.15, 0.2) is 0 Å². The lowest BCUT2D eigenvalue weighted by Gasteiger charge is -1.99. The fourth-order valence-electron chi connectivity index (χ4n) is 0.622. The number of rotatable bonds is 5. The average Bonchev–Trinajstić information content (AvgIpc) is 1.84. The molecule has 0 radical (unpaired) electrons. The summed E-state index contributed by atoms with van der Waals surface area (Å²) in [4.78, 5) is 10.7. The van der Waals surface area contributed by atoms with Crippen molar-refractivity contribution in [1.29, 1.82) is 0 Å². The van der Waals surface area contributed by atoms with E-state index in [9.17, 15) is 13.2 Å². The van der Waals surface area contributed by atoms with E-state index < -0.39 is 8.27 Å². The van der Waals surface area contributed by atoms with Crippen molar-refractivity contribution in [1.82, 2.24) is 0 Å². The zero-order chi connectivity index (χ0) is 9.61. The Morgan fingerprint density at radius 3 is 2.50 bits per heavy atom. The summed E-state index contributed by atoms with van der Waals surface area (Å²) >= 11 is 2.49. The Bertz CT molecular complexity index is 234. The van der Waals surface area contributed by atoms with Crippen LogP contribution < -0.4 is 0 Å². The van der Waals surface area contributed by atoms with Crippen LogP contribution in [0.25, 0.3) is 0 Å². The first-order chi connectivity index (χ1) is 5.45. The maximum Gasteiger partial charge on any atom is 0.305 e. The number of halogens is 1. The van der Waals surface area contributed by atoms with Gasteiger partial charge in [0.15, 0.2) is 0 Å². The van der Waals surface area contributed by atoms with E-state index in [1.54, 1.807) is 6.92 Å². The third kappa shape index (κ3) is 8.00. The van der Waals surface area contributed by atoms with Gasteiger partial charge in [0, 0.05) is 6.42 Å². The van der Waals surface area contributed by atoms with Crippen LogP contribution in [0, 0.1) is 0 Å². The SMILES string of the molecule is CCOC(=O)CCCS(=O)(=O)Br. The van der Waals surface area contributed by atoms with Gasteiger partial charge in [0.1, 0.15) is 0 Å². The normalized spacial score (nSPS) is 11.2. The first kappa shape index (κ1) is 11.9. The monoisotopic (exact) mass is 258 g/mol. The molecule has 0 aliphatic carbocycles. The Hall–Kier alpha value is -0.100. The molecule has 0 rings (SSSR count). The summed E-state index contributed by atoms with van der Waals surface area (Å²) in [5.41, 5.74) is 0. The lowest BCUT2D eigenvalue weighted by Crippen LogP contribution is -2.06. The summed E-state index contributed by atoms with van der Waals surface area (Å²) in [5, 5.41) is 0. The molecule has 0 atom stereocenters. The molecule has 0 bridgehead atoms. The number of carbonyl (C=O) groups excluding carboxylic acids is 1. The fraction of sp³-hybridized carbons (Fsp3) is 0.833. The second kappa shape index (κ2) is 5.53. The number of esters is 1. The summed E-state index contributed by atoms with van der Waals surface area (Å²) in [7, 11) is -3.13. The molecule has 0 aromatic rings. The second-order valence-corrected chi connectivity index (χ2v) is 6.60. The van der Waals surface area contributed by atoms with Crippen molar-refractivity contribution in [3.05, 3.63) is 0 Å². The van der Waals surface area contributed by atoms with Crippen molar-refractivity contribution < 1.29 is 17.9 Å². The van der Waals surface area contributed by atoms with Gasteiger partial charge in [-0.1, -0.05) is 0 Å². The maximum absolute atomic E-state index is 10.7. The summed E-state index contributed by atoms with van der Waals surface area (Å²) in [6.45, 7) is 2.04. The smallest absolute Gasteiger partial charge is 0.305 e. The van der Waals surface area contributed by atoms with Crippen molar-refractivity contribution in [2.24, 2.45) is 0 Å². The predicted octanol–water partition coefficient (Wildman–Crippen LogP) is 1.05. The van der Waals surface area contributed by atoms with Gasteiger partial charge in [-0.2, -0.15) is 0 Å². The number of carbonyl (C=O) groups is 1. The van der Waals surface area contributed by atoms with Crippen molar-refractivity contribution in [2.45, 2.75) is 19.8 Å². The molecule has 0 fully saturated rings. The van der Waals surface area contributed by atoms with Crippen LogP contribution in [0.5, 0.6) is 0 Å². The molecule has 0 N–H and O–H groups in total. The summed E-state index contributed by atoms with van der Waals surface area (Å²) in [6.07, 6.45) is 0.449. The van der Waals surface area contributed by atoms with E-state index in [-0.39, 0.29) is 18.1 Å². The number of hydrogen-bond acceptors (Lipinski definition) is 4. The van der Waals surface area contributed by atoms with Gasteiger partial charge in [0.2, 0.25) is 8.27 Å². The topological polar surface area (TPSA) is 60.4 Å². The molecule has 4 nitrogen and oxygen atoms in total. The molecule has 72 valence electrons. The molecular weight excluding hydrogens is 248 g/mol. The number of hydrogen-bond donors (Lipinski definition) is 0. The Morgan fingerprint density at radius 1 is 1.50 bits per heavy atom. The third-order valence-electron chi connectivity index (χ3n) is 1.07. The molecule has 0 amide bonds. The van der Waals surface area contributed by atoms with E-state index in [0.717, 1.165) is 0 Å². The van der Waals surface area contributed by atoms with Crippen LogP contribution in [-0.2, 0) is 17.8 Å². The Morgan fingerprint density at radius 2 is 2.08 bits per heavy atom. The van der Waals surface area contributed by atoms with Crippen molar-refractivity contribution in [3.63, 3.8) is 0 Å². The fourth-order valence-corrected chi connectivity index (χ4v) is 1.80. The van der Waals surface area contributed by atoms with Crippen LogP contribution >= 0.6 is 14.8 Å². The Balaban J connectivity index is 3.51. The van der Waals surface area contributed by atoms with Crippen molar-refractivity contribution in [2.75, 3.05) is 12.4 Å². The van der Waals surface area contributed by atoms with Crippen LogP contribution in [0.4, 0.5) is 0 Å². The standard InChI is InChI=1S/C6H11BrO4S/c1-2-11-6(8)4-3-5-12(7,9)10/h2-5H2,1H3. The first-order valence-electron chi connectivity index (χ1n) is 3.53. The first-order valence-corrected chi connectivity index (χ1v) is 7.03. The Kier molecular flexibility index (Phi) is 5.48. The van der Waals surface area contributed by atoms with Crippen molar-refractivity contribution in [3.8, 4) is 0 Å². The minimum Gasteiger partial charge on any atom is -0.466 e. The van der Waals surface area contributed by atoms with Gasteiger partial charge in [0.25, 0.3) is 0 Å². The van der Waals surface area contributed by atoms with Crippen LogP contribution in [-0.4, -0.2) is 26.7 Å². The molecular formula is C6H11BrO4S. The van der Waals surface area contributed by atoms with Gasteiger partial charge in [-0.15, -0.1) is 0 Å². The molecule has 6 heteroatoms. The average molecular weight is 259 g/mol. The lowest BCUT2D eigenvalue weighted by atomic mass is 10.3. The lowest BCUT2D eigenvalue weighted by molar-refractivity contribution is -0.143. The van der Waals surface area contributed by atoms with Gasteiger partial charge in [-0.3, -0.25) is 4.79 Å². The van der Waals surface area contributed by atoms with E-state index in [1.165, 1.54) is 0 Å². The summed E-state index contributed by atoms with van der Waals surface area (Å²) in [6, 6.07) is 0. The van der Waals surface area contributed by atoms with Gasteiger partial charge in [-0.25, -0.2) is 8.42 Å². The molecule has 0 saturated heterocycles. The van der Waals surface area contributed by atoms with Crippen LogP contribution in [0.1, 0.15) is 19.8 Å². The third-order valence-corrected chi connectivity index (χ3v) is 2.82. The number of ether oxygens (including phenoxy) is 1. The van der Waals surface area contributed by atoms with E-state index in [4.69, 9.17) is 0 Å². The van der Waals surface area contributed by atoms with Crippen LogP contribution in [0.2, 0.25) is 0 Å². The van der Waals surface area contributed by atoms with Crippen molar-refractivity contribution >= 4 is 29.1 Å². The molecule has 0 aliphatic rings. The highest BCUT2D eigenvalue weighted by molar-refractivity contribution is 9.47. The highest BCUT2D eigenvalue weighted by Gasteiger charge is 2.07. The molecule has 0 aromatic carbocycles. The van der Waals surface area contributed by atoms with E-state index in [0.29, 0.717) is 13.0 Å². The molecule has 12 heavy (non-hydrogen) atoms. The Labute approximate surface area is 79.4 Å².